The second-order valence-electron chi connectivity index (χ2n) is 8.44. The van der Waals surface area contributed by atoms with Gasteiger partial charge in [0.15, 0.2) is 0 Å². The number of barbiturate groups is 1. The first-order valence-electron chi connectivity index (χ1n) is 10.3. The number of amides is 4. The number of allylic oxidation sites excluding steroid dienone is 1. The molecule has 0 spiro atoms. The lowest BCUT2D eigenvalue weighted by atomic mass is 9.88. The van der Waals surface area contributed by atoms with Gasteiger partial charge in [-0.15, -0.1) is 0 Å². The highest BCUT2D eigenvalue weighted by Gasteiger charge is 2.37. The molecular weight excluding hydrogens is 406 g/mol. The predicted octanol–water partition coefficient (Wildman–Crippen LogP) is 3.99. The van der Waals surface area contributed by atoms with E-state index in [0.29, 0.717) is 17.0 Å². The number of anilines is 2. The van der Waals surface area contributed by atoms with Gasteiger partial charge in [0, 0.05) is 29.9 Å². The summed E-state index contributed by atoms with van der Waals surface area (Å²) in [7, 11) is 3.56. The van der Waals surface area contributed by atoms with Crippen LogP contribution < -0.4 is 19.9 Å². The number of fused-ring (bicyclic) bond motifs is 1. The van der Waals surface area contributed by atoms with Crippen LogP contribution >= 0.6 is 0 Å². The molecule has 7 nitrogen and oxygen atoms in total. The number of benzene rings is 2. The van der Waals surface area contributed by atoms with E-state index in [1.165, 1.54) is 6.08 Å². The normalized spacial score (nSPS) is 19.0. The molecule has 2 aliphatic rings. The van der Waals surface area contributed by atoms with Crippen molar-refractivity contribution in [2.45, 2.75) is 26.3 Å². The fourth-order valence-corrected chi connectivity index (χ4v) is 4.11. The van der Waals surface area contributed by atoms with Gasteiger partial charge >= 0.3 is 6.03 Å². The summed E-state index contributed by atoms with van der Waals surface area (Å²) < 4.78 is 5.59. The van der Waals surface area contributed by atoms with Gasteiger partial charge in [0.05, 0.1) is 18.3 Å². The zero-order valence-corrected chi connectivity index (χ0v) is 18.7. The van der Waals surface area contributed by atoms with E-state index in [0.717, 1.165) is 21.7 Å². The second kappa shape index (κ2) is 7.67. The summed E-state index contributed by atoms with van der Waals surface area (Å²) in [6.45, 7) is 6.29. The Bertz CT molecular complexity index is 1200. The van der Waals surface area contributed by atoms with E-state index in [2.05, 4.69) is 30.1 Å². The number of nitrogens with zero attached hydrogens (tertiary/aromatic N) is 2. The Kier molecular flexibility index (Phi) is 5.12. The van der Waals surface area contributed by atoms with Crippen LogP contribution in [0.1, 0.15) is 31.9 Å². The lowest BCUT2D eigenvalue weighted by molar-refractivity contribution is -0.122. The number of nitrogens with one attached hydrogen (secondary N) is 1. The first kappa shape index (κ1) is 21.4. The number of urea groups is 1. The molecule has 4 rings (SSSR count). The lowest BCUT2D eigenvalue weighted by Crippen LogP contribution is -2.54. The number of imide groups is 2. The molecule has 2 heterocycles. The molecule has 32 heavy (non-hydrogen) atoms. The molecule has 7 heteroatoms. The van der Waals surface area contributed by atoms with Crippen LogP contribution in [0.25, 0.3) is 11.6 Å². The number of hydrogen-bond donors (Lipinski definition) is 1. The van der Waals surface area contributed by atoms with Gasteiger partial charge in [0.1, 0.15) is 11.3 Å². The first-order valence-corrected chi connectivity index (χ1v) is 10.3. The summed E-state index contributed by atoms with van der Waals surface area (Å²) in [4.78, 5) is 41.2. The van der Waals surface area contributed by atoms with Gasteiger partial charge in [-0.3, -0.25) is 14.9 Å². The van der Waals surface area contributed by atoms with Gasteiger partial charge in [-0.2, -0.15) is 0 Å². The SMILES string of the molecule is COc1cc2c(cc1/C=C1/C(=O)NC(=O)N(c3ccccc3)C1=O)C(C)=CC(C)(C)N2C. The smallest absolute Gasteiger partial charge is 0.335 e. The van der Waals surface area contributed by atoms with Crippen LogP contribution in [0.3, 0.4) is 0 Å². The zero-order valence-electron chi connectivity index (χ0n) is 18.7. The predicted molar refractivity (Wildman–Crippen MR) is 125 cm³/mol. The molecule has 2 aromatic carbocycles. The number of rotatable bonds is 3. The highest BCUT2D eigenvalue weighted by molar-refractivity contribution is 6.39. The van der Waals surface area contributed by atoms with Crippen LogP contribution in [-0.2, 0) is 9.59 Å². The standard InChI is InChI=1S/C25H25N3O4/c1-15-14-25(2,3)27(4)20-13-21(32-5)16(11-18(15)20)12-19-22(29)26-24(31)28(23(19)30)17-9-7-6-8-10-17/h6-14H,1-5H3,(H,26,29,31)/b19-12-. The van der Waals surface area contributed by atoms with E-state index >= 15 is 0 Å². The third-order valence-electron chi connectivity index (χ3n) is 5.98. The van der Waals surface area contributed by atoms with Crippen molar-refractivity contribution >= 4 is 40.9 Å². The van der Waals surface area contributed by atoms with Crippen LogP contribution in [0.5, 0.6) is 5.75 Å². The maximum atomic E-state index is 13.2. The van der Waals surface area contributed by atoms with Crippen molar-refractivity contribution in [3.8, 4) is 5.75 Å². The highest BCUT2D eigenvalue weighted by atomic mass is 16.5. The van der Waals surface area contributed by atoms with Crippen molar-refractivity contribution in [3.05, 3.63) is 65.2 Å². The van der Waals surface area contributed by atoms with E-state index in [1.807, 2.05) is 26.1 Å². The molecule has 0 saturated carbocycles. The Balaban J connectivity index is 1.82. The molecular formula is C25H25N3O4. The topological polar surface area (TPSA) is 79.0 Å². The molecule has 0 atom stereocenters. The quantitative estimate of drug-likeness (QED) is 0.587. The van der Waals surface area contributed by atoms with Gasteiger partial charge in [-0.05, 0) is 50.6 Å². The maximum Gasteiger partial charge on any atom is 0.335 e. The average molecular weight is 431 g/mol. The molecule has 1 N–H and O–H groups in total. The summed E-state index contributed by atoms with van der Waals surface area (Å²) in [5, 5.41) is 2.25. The number of likely N-dealkylation sites (N-methyl/N-ethyl adjacent to an activating group) is 1. The summed E-state index contributed by atoms with van der Waals surface area (Å²) in [5.41, 5.74) is 3.72. The highest BCUT2D eigenvalue weighted by Crippen LogP contribution is 2.42. The molecule has 1 fully saturated rings. The van der Waals surface area contributed by atoms with E-state index in [4.69, 9.17) is 4.74 Å². The van der Waals surface area contributed by atoms with Crippen molar-refractivity contribution in [3.63, 3.8) is 0 Å². The van der Waals surface area contributed by atoms with Gasteiger partial charge < -0.3 is 9.64 Å². The molecule has 4 amide bonds. The average Bonchev–Trinajstić information content (AvgIpc) is 2.75. The van der Waals surface area contributed by atoms with E-state index < -0.39 is 17.8 Å². The molecule has 0 bridgehead atoms. The minimum Gasteiger partial charge on any atom is -0.496 e. The van der Waals surface area contributed by atoms with Gasteiger partial charge in [0.2, 0.25) is 0 Å². The number of ether oxygens (including phenoxy) is 1. The van der Waals surface area contributed by atoms with Crippen molar-refractivity contribution in [2.24, 2.45) is 0 Å². The molecule has 2 aromatic rings. The van der Waals surface area contributed by atoms with Gasteiger partial charge in [0.25, 0.3) is 11.8 Å². The van der Waals surface area contributed by atoms with Crippen molar-refractivity contribution in [1.82, 2.24) is 5.32 Å². The van der Waals surface area contributed by atoms with Crippen molar-refractivity contribution < 1.29 is 19.1 Å². The van der Waals surface area contributed by atoms with Gasteiger partial charge in [-0.1, -0.05) is 24.3 Å². The number of carbonyl (C=O) groups is 3. The van der Waals surface area contributed by atoms with Crippen LogP contribution in [0.15, 0.2) is 54.1 Å². The van der Waals surface area contributed by atoms with Gasteiger partial charge in [-0.25, -0.2) is 9.69 Å². The summed E-state index contributed by atoms with van der Waals surface area (Å²) in [5.74, 6) is -0.898. The molecule has 0 aromatic heterocycles. The Labute approximate surface area is 187 Å². The Morgan fingerprint density at radius 1 is 1.06 bits per heavy atom. The number of para-hydroxylation sites is 1. The Morgan fingerprint density at radius 2 is 1.75 bits per heavy atom. The zero-order chi connectivity index (χ0) is 23.2. The molecule has 1 saturated heterocycles. The second-order valence-corrected chi connectivity index (χ2v) is 8.44. The van der Waals surface area contributed by atoms with E-state index in [-0.39, 0.29) is 11.1 Å². The van der Waals surface area contributed by atoms with E-state index in [1.54, 1.807) is 37.4 Å². The van der Waals surface area contributed by atoms with E-state index in [9.17, 15) is 14.4 Å². The minimum atomic E-state index is -0.775. The first-order chi connectivity index (χ1) is 15.1. The number of carbonyl (C=O) groups excluding carboxylic acids is 3. The number of methoxy groups -OCH3 is 1. The minimum absolute atomic E-state index is 0.141. The molecule has 0 unspecified atom stereocenters. The fourth-order valence-electron chi connectivity index (χ4n) is 4.11. The van der Waals surface area contributed by atoms with Crippen molar-refractivity contribution in [2.75, 3.05) is 24.0 Å². The van der Waals surface area contributed by atoms with Crippen LogP contribution in [0.2, 0.25) is 0 Å². The monoisotopic (exact) mass is 431 g/mol. The number of hydrogen-bond acceptors (Lipinski definition) is 5. The van der Waals surface area contributed by atoms with Crippen LogP contribution in [0, 0.1) is 0 Å². The third-order valence-corrected chi connectivity index (χ3v) is 5.98. The summed E-state index contributed by atoms with van der Waals surface area (Å²) in [6.07, 6.45) is 3.65. The molecule has 0 radical (unpaired) electrons. The summed E-state index contributed by atoms with van der Waals surface area (Å²) in [6, 6.07) is 11.5. The van der Waals surface area contributed by atoms with Crippen molar-refractivity contribution in [1.29, 1.82) is 0 Å². The molecule has 164 valence electrons. The fraction of sp³-hybridized carbons (Fsp3) is 0.240. The molecule has 2 aliphatic heterocycles. The Morgan fingerprint density at radius 3 is 2.41 bits per heavy atom. The maximum absolute atomic E-state index is 13.2. The lowest BCUT2D eigenvalue weighted by Gasteiger charge is -2.41. The van der Waals surface area contributed by atoms with Crippen LogP contribution in [0.4, 0.5) is 16.2 Å². The third kappa shape index (κ3) is 3.45. The van der Waals surface area contributed by atoms with Crippen LogP contribution in [-0.4, -0.2) is 37.5 Å². The molecule has 0 aliphatic carbocycles. The largest absolute Gasteiger partial charge is 0.496 e. The Hall–Kier alpha value is -3.87. The summed E-state index contributed by atoms with van der Waals surface area (Å²) >= 11 is 0.